The van der Waals surface area contributed by atoms with E-state index in [9.17, 15) is 17.6 Å². The standard InChI is InChI=1S/C18H19FN4O3S2/c1-12-15-11-16(27-18(15)21(2)20-12)17(24)22-6-8-23(9-7-22)28(25,26)14-5-3-4-13(19)10-14/h3-5,10-11H,6-9H2,1-2H3. The van der Waals surface area contributed by atoms with Gasteiger partial charge in [0.2, 0.25) is 10.0 Å². The lowest BCUT2D eigenvalue weighted by Gasteiger charge is -2.33. The van der Waals surface area contributed by atoms with Gasteiger partial charge >= 0.3 is 0 Å². The van der Waals surface area contributed by atoms with Crippen molar-refractivity contribution in [2.24, 2.45) is 7.05 Å². The molecule has 0 unspecified atom stereocenters. The number of amides is 1. The summed E-state index contributed by atoms with van der Waals surface area (Å²) in [6, 6.07) is 6.82. The predicted octanol–water partition coefficient (Wildman–Crippen LogP) is 2.23. The lowest BCUT2D eigenvalue weighted by molar-refractivity contribution is 0.0703. The fourth-order valence-corrected chi connectivity index (χ4v) is 5.92. The summed E-state index contributed by atoms with van der Waals surface area (Å²) in [5, 5.41) is 5.30. The number of rotatable bonds is 3. The summed E-state index contributed by atoms with van der Waals surface area (Å²) in [5.41, 5.74) is 0.874. The molecule has 0 aliphatic carbocycles. The largest absolute Gasteiger partial charge is 0.335 e. The molecule has 0 bridgehead atoms. The highest BCUT2D eigenvalue weighted by Crippen LogP contribution is 2.29. The number of carbonyl (C=O) groups is 1. The Balaban J connectivity index is 1.48. The SMILES string of the molecule is Cc1nn(C)c2sc(C(=O)N3CCN(S(=O)(=O)c4cccc(F)c4)CC3)cc12. The number of benzene rings is 1. The number of aryl methyl sites for hydroxylation is 2. The third-order valence-corrected chi connectivity index (χ3v) is 7.95. The van der Waals surface area contributed by atoms with Gasteiger partial charge in [-0.3, -0.25) is 9.48 Å². The maximum Gasteiger partial charge on any atom is 0.264 e. The minimum atomic E-state index is -3.77. The van der Waals surface area contributed by atoms with Gasteiger partial charge in [-0.05, 0) is 31.2 Å². The zero-order chi connectivity index (χ0) is 20.1. The molecule has 0 atom stereocenters. The molecule has 1 aliphatic heterocycles. The lowest BCUT2D eigenvalue weighted by Crippen LogP contribution is -2.50. The Morgan fingerprint density at radius 1 is 1.18 bits per heavy atom. The summed E-state index contributed by atoms with van der Waals surface area (Å²) in [6.45, 7) is 2.84. The van der Waals surface area contributed by atoms with Crippen LogP contribution in [0.2, 0.25) is 0 Å². The summed E-state index contributed by atoms with van der Waals surface area (Å²) in [6.07, 6.45) is 0. The van der Waals surface area contributed by atoms with Crippen LogP contribution in [-0.4, -0.2) is 59.5 Å². The molecule has 0 saturated carbocycles. The van der Waals surface area contributed by atoms with E-state index in [2.05, 4.69) is 5.10 Å². The van der Waals surface area contributed by atoms with Crippen LogP contribution in [-0.2, 0) is 17.1 Å². The van der Waals surface area contributed by atoms with Crippen molar-refractivity contribution in [1.29, 1.82) is 0 Å². The summed E-state index contributed by atoms with van der Waals surface area (Å²) in [4.78, 5) is 16.0. The highest BCUT2D eigenvalue weighted by atomic mass is 32.2. The quantitative estimate of drug-likeness (QED) is 0.649. The monoisotopic (exact) mass is 422 g/mol. The zero-order valence-electron chi connectivity index (χ0n) is 15.4. The molecule has 7 nitrogen and oxygen atoms in total. The van der Waals surface area contributed by atoms with Crippen molar-refractivity contribution in [1.82, 2.24) is 19.0 Å². The van der Waals surface area contributed by atoms with Crippen molar-refractivity contribution < 1.29 is 17.6 Å². The first-order valence-corrected chi connectivity index (χ1v) is 11.0. The van der Waals surface area contributed by atoms with Crippen molar-refractivity contribution in [2.75, 3.05) is 26.2 Å². The number of hydrogen-bond acceptors (Lipinski definition) is 5. The number of sulfonamides is 1. The molecule has 0 N–H and O–H groups in total. The molecule has 3 heterocycles. The smallest absolute Gasteiger partial charge is 0.264 e. The average Bonchev–Trinajstić information content (AvgIpc) is 3.23. The predicted molar refractivity (Wildman–Crippen MR) is 104 cm³/mol. The number of carbonyl (C=O) groups excluding carboxylic acids is 1. The van der Waals surface area contributed by atoms with E-state index in [4.69, 9.17) is 0 Å². The van der Waals surface area contributed by atoms with Crippen molar-refractivity contribution in [2.45, 2.75) is 11.8 Å². The molecule has 0 radical (unpaired) electrons. The first kappa shape index (κ1) is 19.0. The Hall–Kier alpha value is -2.30. The number of nitrogens with zero attached hydrogens (tertiary/aromatic N) is 4. The second kappa shape index (κ2) is 6.94. The summed E-state index contributed by atoms with van der Waals surface area (Å²) >= 11 is 1.39. The third-order valence-electron chi connectivity index (χ3n) is 4.87. The van der Waals surface area contributed by atoms with Crippen LogP contribution in [0.1, 0.15) is 15.4 Å². The van der Waals surface area contributed by atoms with E-state index in [1.54, 1.807) is 9.58 Å². The van der Waals surface area contributed by atoms with Crippen LogP contribution >= 0.6 is 11.3 Å². The van der Waals surface area contributed by atoms with Gasteiger partial charge in [0.1, 0.15) is 10.6 Å². The molecule has 1 saturated heterocycles. The van der Waals surface area contributed by atoms with Gasteiger partial charge in [-0.1, -0.05) is 6.07 Å². The maximum atomic E-state index is 13.4. The molecule has 4 rings (SSSR count). The van der Waals surface area contributed by atoms with E-state index in [-0.39, 0.29) is 23.9 Å². The molecule has 3 aromatic rings. The Bertz CT molecular complexity index is 1130. The molecule has 1 aliphatic rings. The number of piperazine rings is 1. The van der Waals surface area contributed by atoms with E-state index >= 15 is 0 Å². The molecular weight excluding hydrogens is 403 g/mol. The Morgan fingerprint density at radius 2 is 1.89 bits per heavy atom. The molecule has 28 heavy (non-hydrogen) atoms. The fraction of sp³-hybridized carbons (Fsp3) is 0.333. The van der Waals surface area contributed by atoms with Gasteiger partial charge in [0.15, 0.2) is 0 Å². The highest BCUT2D eigenvalue weighted by Gasteiger charge is 2.31. The highest BCUT2D eigenvalue weighted by molar-refractivity contribution is 7.89. The number of fused-ring (bicyclic) bond motifs is 1. The summed E-state index contributed by atoms with van der Waals surface area (Å²) in [7, 11) is -1.93. The molecule has 1 fully saturated rings. The van der Waals surface area contributed by atoms with E-state index < -0.39 is 15.8 Å². The van der Waals surface area contributed by atoms with Gasteiger partial charge in [-0.2, -0.15) is 9.40 Å². The van der Waals surface area contributed by atoms with Crippen molar-refractivity contribution in [3.63, 3.8) is 0 Å². The van der Waals surface area contributed by atoms with Crippen LogP contribution in [0.4, 0.5) is 4.39 Å². The second-order valence-electron chi connectivity index (χ2n) is 6.69. The number of halogens is 1. The van der Waals surface area contributed by atoms with Crippen LogP contribution in [0.15, 0.2) is 35.2 Å². The van der Waals surface area contributed by atoms with E-state index in [0.29, 0.717) is 18.0 Å². The lowest BCUT2D eigenvalue weighted by atomic mass is 10.3. The Morgan fingerprint density at radius 3 is 2.54 bits per heavy atom. The van der Waals surface area contributed by atoms with Crippen LogP contribution in [0.5, 0.6) is 0 Å². The molecular formula is C18H19FN4O3S2. The topological polar surface area (TPSA) is 75.5 Å². The minimum absolute atomic E-state index is 0.0697. The van der Waals surface area contributed by atoms with Gasteiger partial charge in [-0.15, -0.1) is 11.3 Å². The molecule has 0 spiro atoms. The second-order valence-corrected chi connectivity index (χ2v) is 9.66. The van der Waals surface area contributed by atoms with Crippen molar-refractivity contribution in [3.05, 3.63) is 46.7 Å². The first-order chi connectivity index (χ1) is 13.3. The minimum Gasteiger partial charge on any atom is -0.335 e. The van der Waals surface area contributed by atoms with E-state index in [1.165, 1.54) is 33.8 Å². The van der Waals surface area contributed by atoms with Gasteiger partial charge in [0.05, 0.1) is 15.5 Å². The summed E-state index contributed by atoms with van der Waals surface area (Å²) in [5.74, 6) is -0.701. The third kappa shape index (κ3) is 3.21. The molecule has 2 aromatic heterocycles. The molecule has 1 amide bonds. The van der Waals surface area contributed by atoms with Gasteiger partial charge < -0.3 is 4.90 Å². The van der Waals surface area contributed by atoms with Crippen LogP contribution < -0.4 is 0 Å². The maximum absolute atomic E-state index is 13.4. The zero-order valence-corrected chi connectivity index (χ0v) is 17.1. The van der Waals surface area contributed by atoms with Crippen molar-refractivity contribution in [3.8, 4) is 0 Å². The van der Waals surface area contributed by atoms with Crippen LogP contribution in [0.25, 0.3) is 10.2 Å². The van der Waals surface area contributed by atoms with Gasteiger partial charge in [-0.25, -0.2) is 12.8 Å². The molecule has 148 valence electrons. The van der Waals surface area contributed by atoms with Gasteiger partial charge in [0.25, 0.3) is 5.91 Å². The molecule has 10 heteroatoms. The average molecular weight is 423 g/mol. The number of aromatic nitrogens is 2. The van der Waals surface area contributed by atoms with E-state index in [0.717, 1.165) is 22.0 Å². The van der Waals surface area contributed by atoms with Crippen LogP contribution in [0.3, 0.4) is 0 Å². The molecule has 1 aromatic carbocycles. The first-order valence-electron chi connectivity index (χ1n) is 8.75. The summed E-state index contributed by atoms with van der Waals surface area (Å²) < 4.78 is 41.8. The van der Waals surface area contributed by atoms with Crippen LogP contribution in [0, 0.1) is 12.7 Å². The van der Waals surface area contributed by atoms with E-state index in [1.807, 2.05) is 20.0 Å². The van der Waals surface area contributed by atoms with Crippen molar-refractivity contribution >= 4 is 37.5 Å². The number of hydrogen-bond donors (Lipinski definition) is 0. The fourth-order valence-electron chi connectivity index (χ4n) is 3.37. The Kier molecular flexibility index (Phi) is 4.72. The normalized spacial score (nSPS) is 16.0. The Labute approximate surface area is 166 Å². The van der Waals surface area contributed by atoms with Gasteiger partial charge in [0, 0.05) is 38.6 Å². The number of thiophene rings is 1.